The Hall–Kier alpha value is -1.83. The zero-order valence-electron chi connectivity index (χ0n) is 17.0. The summed E-state index contributed by atoms with van der Waals surface area (Å²) in [6.07, 6.45) is 2.61. The summed E-state index contributed by atoms with van der Waals surface area (Å²) in [6.45, 7) is 6.88. The lowest BCUT2D eigenvalue weighted by Gasteiger charge is -2.45. The second-order valence-corrected chi connectivity index (χ2v) is 8.95. The summed E-state index contributed by atoms with van der Waals surface area (Å²) in [5, 5.41) is 0. The van der Waals surface area contributed by atoms with Crippen molar-refractivity contribution >= 4 is 18.0 Å². The van der Waals surface area contributed by atoms with Crippen molar-refractivity contribution in [1.82, 2.24) is 14.7 Å². The van der Waals surface area contributed by atoms with Gasteiger partial charge in [0.2, 0.25) is 0 Å². The molecule has 0 N–H and O–H groups in total. The maximum atomic E-state index is 12.9. The quantitative estimate of drug-likeness (QED) is 0.699. The van der Waals surface area contributed by atoms with Gasteiger partial charge in [0.1, 0.15) is 11.1 Å². The monoisotopic (exact) mass is 381 g/mol. The standard InChI is InChI=1S/C19H31N3O5/c1-18(2,3)27-17(25)21-8-6-19(7-9-21)15(23)20(4)16(24)22(19)12-13-10-14(11-13)26-5/h13-14H,6-12H2,1-5H3. The predicted octanol–water partition coefficient (Wildman–Crippen LogP) is 2.08. The van der Waals surface area contributed by atoms with E-state index < -0.39 is 11.1 Å². The molecule has 0 unspecified atom stereocenters. The highest BCUT2D eigenvalue weighted by molar-refractivity contribution is 6.06. The van der Waals surface area contributed by atoms with Gasteiger partial charge in [0, 0.05) is 33.8 Å². The number of methoxy groups -OCH3 is 1. The van der Waals surface area contributed by atoms with Crippen LogP contribution in [0.5, 0.6) is 0 Å². The van der Waals surface area contributed by atoms with E-state index >= 15 is 0 Å². The van der Waals surface area contributed by atoms with Crippen molar-refractivity contribution in [3.05, 3.63) is 0 Å². The Bertz CT molecular complexity index is 615. The number of amides is 4. The highest BCUT2D eigenvalue weighted by atomic mass is 16.6. The molecule has 0 aromatic carbocycles. The Morgan fingerprint density at radius 3 is 2.30 bits per heavy atom. The van der Waals surface area contributed by atoms with Crippen LogP contribution >= 0.6 is 0 Å². The van der Waals surface area contributed by atoms with Crippen LogP contribution in [-0.4, -0.2) is 83.8 Å². The van der Waals surface area contributed by atoms with Crippen molar-refractivity contribution in [2.45, 2.75) is 63.7 Å². The minimum absolute atomic E-state index is 0.154. The first-order chi connectivity index (χ1) is 12.6. The van der Waals surface area contributed by atoms with Crippen molar-refractivity contribution in [2.75, 3.05) is 33.8 Å². The molecular weight excluding hydrogens is 350 g/mol. The van der Waals surface area contributed by atoms with Gasteiger partial charge in [0.15, 0.2) is 0 Å². The zero-order chi connectivity index (χ0) is 20.0. The van der Waals surface area contributed by atoms with Crippen LogP contribution in [0.2, 0.25) is 0 Å². The van der Waals surface area contributed by atoms with Gasteiger partial charge in [0.05, 0.1) is 6.10 Å². The Balaban J connectivity index is 1.68. The highest BCUT2D eigenvalue weighted by Crippen LogP contribution is 2.40. The second kappa shape index (κ2) is 6.96. The van der Waals surface area contributed by atoms with Crippen molar-refractivity contribution in [2.24, 2.45) is 5.92 Å². The number of hydrogen-bond donors (Lipinski definition) is 0. The average molecular weight is 381 g/mol. The van der Waals surface area contributed by atoms with E-state index in [9.17, 15) is 14.4 Å². The topological polar surface area (TPSA) is 79.4 Å². The minimum Gasteiger partial charge on any atom is -0.444 e. The molecule has 1 spiro atoms. The van der Waals surface area contributed by atoms with Crippen LogP contribution in [0.4, 0.5) is 9.59 Å². The molecule has 3 rings (SSSR count). The Morgan fingerprint density at radius 2 is 1.78 bits per heavy atom. The second-order valence-electron chi connectivity index (χ2n) is 8.95. The van der Waals surface area contributed by atoms with Crippen LogP contribution < -0.4 is 0 Å². The van der Waals surface area contributed by atoms with Gasteiger partial charge in [-0.05, 0) is 52.4 Å². The molecule has 0 atom stereocenters. The van der Waals surface area contributed by atoms with E-state index in [4.69, 9.17) is 9.47 Å². The zero-order valence-corrected chi connectivity index (χ0v) is 17.0. The average Bonchev–Trinajstić information content (AvgIpc) is 2.72. The van der Waals surface area contributed by atoms with Gasteiger partial charge in [-0.15, -0.1) is 0 Å². The lowest BCUT2D eigenvalue weighted by Crippen LogP contribution is -2.59. The molecule has 0 aromatic heterocycles. The van der Waals surface area contributed by atoms with Crippen molar-refractivity contribution < 1.29 is 23.9 Å². The Kier molecular flexibility index (Phi) is 5.14. The van der Waals surface area contributed by atoms with Gasteiger partial charge < -0.3 is 19.3 Å². The first kappa shape index (κ1) is 19.9. The molecule has 8 heteroatoms. The maximum absolute atomic E-state index is 12.9. The fraction of sp³-hybridized carbons (Fsp3) is 0.842. The fourth-order valence-corrected chi connectivity index (χ4v) is 4.28. The third kappa shape index (κ3) is 3.63. The molecule has 2 aliphatic heterocycles. The van der Waals surface area contributed by atoms with E-state index in [0.29, 0.717) is 38.4 Å². The molecule has 3 aliphatic rings. The number of likely N-dealkylation sites (N-methyl/N-ethyl adjacent to an activating group) is 1. The molecule has 4 amide bonds. The van der Waals surface area contributed by atoms with Crippen LogP contribution in [0, 0.1) is 5.92 Å². The summed E-state index contributed by atoms with van der Waals surface area (Å²) < 4.78 is 10.8. The molecule has 3 fully saturated rings. The number of likely N-dealkylation sites (tertiary alicyclic amines) is 1. The number of rotatable bonds is 3. The van der Waals surface area contributed by atoms with Gasteiger partial charge in [-0.3, -0.25) is 9.69 Å². The molecule has 2 heterocycles. The van der Waals surface area contributed by atoms with E-state index in [1.807, 2.05) is 20.8 Å². The summed E-state index contributed by atoms with van der Waals surface area (Å²) in [5.41, 5.74) is -1.39. The predicted molar refractivity (Wildman–Crippen MR) is 98.2 cm³/mol. The summed E-state index contributed by atoms with van der Waals surface area (Å²) in [4.78, 5) is 42.6. The van der Waals surface area contributed by atoms with Crippen molar-refractivity contribution in [3.63, 3.8) is 0 Å². The van der Waals surface area contributed by atoms with Crippen molar-refractivity contribution in [1.29, 1.82) is 0 Å². The van der Waals surface area contributed by atoms with Crippen LogP contribution in [0.1, 0.15) is 46.5 Å². The number of piperidine rings is 1. The van der Waals surface area contributed by atoms with Gasteiger partial charge >= 0.3 is 12.1 Å². The van der Waals surface area contributed by atoms with E-state index in [-0.39, 0.29) is 24.1 Å². The van der Waals surface area contributed by atoms with Crippen LogP contribution in [0.15, 0.2) is 0 Å². The molecule has 0 radical (unpaired) electrons. The summed E-state index contributed by atoms with van der Waals surface area (Å²) in [6, 6.07) is -0.230. The van der Waals surface area contributed by atoms with E-state index in [2.05, 4.69) is 0 Å². The SMILES string of the molecule is COC1CC(CN2C(=O)N(C)C(=O)C23CCN(C(=O)OC(C)(C)C)CC3)C1. The number of urea groups is 1. The number of carbonyl (C=O) groups excluding carboxylic acids is 3. The number of carbonyl (C=O) groups is 3. The van der Waals surface area contributed by atoms with Gasteiger partial charge in [-0.25, -0.2) is 9.59 Å². The summed E-state index contributed by atoms with van der Waals surface area (Å²) in [7, 11) is 3.25. The summed E-state index contributed by atoms with van der Waals surface area (Å²) in [5.74, 6) is 0.206. The van der Waals surface area contributed by atoms with E-state index in [0.717, 1.165) is 12.8 Å². The van der Waals surface area contributed by atoms with Gasteiger partial charge in [0.25, 0.3) is 5.91 Å². The molecule has 8 nitrogen and oxygen atoms in total. The smallest absolute Gasteiger partial charge is 0.410 e. The maximum Gasteiger partial charge on any atom is 0.410 e. The molecule has 27 heavy (non-hydrogen) atoms. The largest absolute Gasteiger partial charge is 0.444 e. The fourth-order valence-electron chi connectivity index (χ4n) is 4.28. The summed E-state index contributed by atoms with van der Waals surface area (Å²) >= 11 is 0. The first-order valence-corrected chi connectivity index (χ1v) is 9.68. The third-order valence-electron chi connectivity index (χ3n) is 5.95. The molecular formula is C19H31N3O5. The van der Waals surface area contributed by atoms with Gasteiger partial charge in [-0.1, -0.05) is 0 Å². The van der Waals surface area contributed by atoms with E-state index in [1.165, 1.54) is 4.90 Å². The molecule has 1 aliphatic carbocycles. The normalized spacial score (nSPS) is 28.0. The lowest BCUT2D eigenvalue weighted by molar-refractivity contribution is -0.135. The Labute approximate surface area is 160 Å². The number of nitrogens with zero attached hydrogens (tertiary/aromatic N) is 3. The molecule has 2 saturated heterocycles. The van der Waals surface area contributed by atoms with Crippen LogP contribution in [0.3, 0.4) is 0 Å². The van der Waals surface area contributed by atoms with Crippen LogP contribution in [-0.2, 0) is 14.3 Å². The number of ether oxygens (including phenoxy) is 2. The van der Waals surface area contributed by atoms with E-state index in [1.54, 1.807) is 24.0 Å². The lowest BCUT2D eigenvalue weighted by atomic mass is 9.79. The first-order valence-electron chi connectivity index (χ1n) is 9.68. The number of imide groups is 1. The molecule has 152 valence electrons. The minimum atomic E-state index is -0.831. The molecule has 1 saturated carbocycles. The molecule has 0 aromatic rings. The Morgan fingerprint density at radius 1 is 1.19 bits per heavy atom. The number of hydrogen-bond acceptors (Lipinski definition) is 5. The molecule has 0 bridgehead atoms. The van der Waals surface area contributed by atoms with Crippen LogP contribution in [0.25, 0.3) is 0 Å². The highest BCUT2D eigenvalue weighted by Gasteiger charge is 2.58. The van der Waals surface area contributed by atoms with Gasteiger partial charge in [-0.2, -0.15) is 0 Å². The third-order valence-corrected chi connectivity index (χ3v) is 5.95. The van der Waals surface area contributed by atoms with Crippen molar-refractivity contribution in [3.8, 4) is 0 Å².